The Labute approximate surface area is 130 Å². The molecule has 0 amide bonds. The predicted octanol–water partition coefficient (Wildman–Crippen LogP) is 5.54. The molecule has 0 saturated heterocycles. The van der Waals surface area contributed by atoms with Crippen LogP contribution in [0.1, 0.15) is 73.7 Å². The van der Waals surface area contributed by atoms with Gasteiger partial charge in [-0.1, -0.05) is 30.7 Å². The minimum Gasteiger partial charge on any atom is -0.310 e. The van der Waals surface area contributed by atoms with Gasteiger partial charge in [-0.3, -0.25) is 0 Å². The third kappa shape index (κ3) is 4.44. The largest absolute Gasteiger partial charge is 0.310 e. The Morgan fingerprint density at radius 3 is 2.48 bits per heavy atom. The van der Waals surface area contributed by atoms with Gasteiger partial charge in [-0.15, -0.1) is 0 Å². The van der Waals surface area contributed by atoms with Crippen LogP contribution in [0.2, 0.25) is 0 Å². The number of hydrogen-bond acceptors (Lipinski definition) is 1. The number of rotatable bonds is 6. The Balaban J connectivity index is 2.22. The molecule has 1 aliphatic carbocycles. The summed E-state index contributed by atoms with van der Waals surface area (Å²) in [7, 11) is 0. The molecule has 0 bridgehead atoms. The third-order valence-corrected chi connectivity index (χ3v) is 4.75. The lowest BCUT2D eigenvalue weighted by molar-refractivity contribution is 0.509. The van der Waals surface area contributed by atoms with Crippen LogP contribution in [0.25, 0.3) is 0 Å². The fourth-order valence-electron chi connectivity index (χ4n) is 3.32. The van der Waals surface area contributed by atoms with Crippen molar-refractivity contribution in [3.8, 4) is 0 Å². The molecule has 1 nitrogen and oxygen atoms in total. The summed E-state index contributed by atoms with van der Waals surface area (Å²) in [6, 6.07) is 5.23. The fourth-order valence-corrected chi connectivity index (χ4v) is 3.32. The van der Waals surface area contributed by atoms with Crippen LogP contribution in [-0.4, -0.2) is 6.54 Å². The molecular weight excluding hydrogens is 254 g/mol. The van der Waals surface area contributed by atoms with E-state index in [1.807, 2.05) is 0 Å². The fraction of sp³-hybridized carbons (Fsp3) is 0.600. The quantitative estimate of drug-likeness (QED) is 0.676. The zero-order valence-electron chi connectivity index (χ0n) is 14.3. The van der Waals surface area contributed by atoms with Crippen LogP contribution in [0.4, 0.5) is 0 Å². The first kappa shape index (κ1) is 16.3. The third-order valence-electron chi connectivity index (χ3n) is 4.75. The molecule has 0 aromatic heterocycles. The molecule has 0 saturated carbocycles. The molecule has 0 spiro atoms. The molecule has 1 aromatic rings. The van der Waals surface area contributed by atoms with Gasteiger partial charge in [0.1, 0.15) is 0 Å². The van der Waals surface area contributed by atoms with Crippen molar-refractivity contribution in [1.82, 2.24) is 5.32 Å². The van der Waals surface area contributed by atoms with Crippen LogP contribution < -0.4 is 5.32 Å². The van der Waals surface area contributed by atoms with E-state index in [1.54, 1.807) is 5.57 Å². The van der Waals surface area contributed by atoms with Crippen molar-refractivity contribution in [3.63, 3.8) is 0 Å². The van der Waals surface area contributed by atoms with Gasteiger partial charge in [0.15, 0.2) is 0 Å². The van der Waals surface area contributed by atoms with Crippen LogP contribution >= 0.6 is 0 Å². The van der Waals surface area contributed by atoms with E-state index in [1.165, 1.54) is 60.8 Å². The molecular formula is C20H31N. The Bertz CT molecular complexity index is 499. The zero-order chi connectivity index (χ0) is 15.2. The second-order valence-corrected chi connectivity index (χ2v) is 6.61. The monoisotopic (exact) mass is 285 g/mol. The maximum absolute atomic E-state index is 3.78. The molecule has 1 unspecified atom stereocenters. The molecule has 2 rings (SSSR count). The molecule has 1 aliphatic rings. The van der Waals surface area contributed by atoms with Gasteiger partial charge >= 0.3 is 0 Å². The normalized spacial score (nSPS) is 16.7. The van der Waals surface area contributed by atoms with Gasteiger partial charge in [0, 0.05) is 6.04 Å². The lowest BCUT2D eigenvalue weighted by Gasteiger charge is -2.25. The number of nitrogens with one attached hydrogen (secondary N) is 1. The van der Waals surface area contributed by atoms with Crippen molar-refractivity contribution >= 4 is 0 Å². The zero-order valence-corrected chi connectivity index (χ0v) is 14.3. The van der Waals surface area contributed by atoms with Gasteiger partial charge in [-0.2, -0.15) is 0 Å². The second-order valence-electron chi connectivity index (χ2n) is 6.61. The number of allylic oxidation sites excluding steroid dienone is 1. The lowest BCUT2D eigenvalue weighted by atomic mass is 9.88. The van der Waals surface area contributed by atoms with E-state index in [9.17, 15) is 0 Å². The minimum absolute atomic E-state index is 0.480. The molecule has 1 atom stereocenters. The predicted molar refractivity (Wildman–Crippen MR) is 92.9 cm³/mol. The minimum atomic E-state index is 0.480. The van der Waals surface area contributed by atoms with E-state index >= 15 is 0 Å². The molecule has 0 fully saturated rings. The number of benzene rings is 1. The number of hydrogen-bond donors (Lipinski definition) is 1. The van der Waals surface area contributed by atoms with Crippen molar-refractivity contribution in [2.45, 2.75) is 72.3 Å². The molecule has 0 aliphatic heterocycles. The van der Waals surface area contributed by atoms with Crippen molar-refractivity contribution in [2.24, 2.45) is 0 Å². The molecule has 1 N–H and O–H groups in total. The van der Waals surface area contributed by atoms with Gasteiger partial charge < -0.3 is 5.32 Å². The summed E-state index contributed by atoms with van der Waals surface area (Å²) < 4.78 is 0. The summed E-state index contributed by atoms with van der Waals surface area (Å²) in [4.78, 5) is 0. The Kier molecular flexibility index (Phi) is 6.05. The molecule has 0 radical (unpaired) electrons. The van der Waals surface area contributed by atoms with Crippen LogP contribution in [0.15, 0.2) is 23.8 Å². The molecule has 0 heterocycles. The summed E-state index contributed by atoms with van der Waals surface area (Å²) in [5.74, 6) is 0. The average Bonchev–Trinajstić information content (AvgIpc) is 2.48. The summed E-state index contributed by atoms with van der Waals surface area (Å²) >= 11 is 0. The van der Waals surface area contributed by atoms with Crippen molar-refractivity contribution in [1.29, 1.82) is 0 Å². The highest BCUT2D eigenvalue weighted by Gasteiger charge is 2.17. The highest BCUT2D eigenvalue weighted by molar-refractivity contribution is 5.38. The van der Waals surface area contributed by atoms with Gasteiger partial charge in [-0.05, 0) is 88.1 Å². The van der Waals surface area contributed by atoms with Gasteiger partial charge in [0.05, 0.1) is 0 Å². The summed E-state index contributed by atoms with van der Waals surface area (Å²) in [6.45, 7) is 10.1. The van der Waals surface area contributed by atoms with Crippen molar-refractivity contribution in [2.75, 3.05) is 6.54 Å². The SMILES string of the molecule is CCCNC(CC1=CCCCC1)c1cc(C)c(C)cc1C. The lowest BCUT2D eigenvalue weighted by Crippen LogP contribution is -2.24. The summed E-state index contributed by atoms with van der Waals surface area (Å²) in [5.41, 5.74) is 7.41. The number of aryl methyl sites for hydroxylation is 3. The van der Waals surface area contributed by atoms with E-state index < -0.39 is 0 Å². The van der Waals surface area contributed by atoms with Crippen LogP contribution in [-0.2, 0) is 0 Å². The van der Waals surface area contributed by atoms with E-state index in [0.29, 0.717) is 6.04 Å². The highest BCUT2D eigenvalue weighted by atomic mass is 14.9. The van der Waals surface area contributed by atoms with Gasteiger partial charge in [-0.25, -0.2) is 0 Å². The first-order valence-corrected chi connectivity index (χ1v) is 8.60. The second kappa shape index (κ2) is 7.79. The first-order chi connectivity index (χ1) is 10.1. The van der Waals surface area contributed by atoms with Crippen molar-refractivity contribution < 1.29 is 0 Å². The topological polar surface area (TPSA) is 12.0 Å². The molecule has 116 valence electrons. The molecule has 1 aromatic carbocycles. The van der Waals surface area contributed by atoms with Crippen LogP contribution in [0.5, 0.6) is 0 Å². The summed E-state index contributed by atoms with van der Waals surface area (Å²) in [6.07, 6.45) is 10.2. The van der Waals surface area contributed by atoms with Crippen molar-refractivity contribution in [3.05, 3.63) is 46.0 Å². The van der Waals surface area contributed by atoms with Crippen LogP contribution in [0.3, 0.4) is 0 Å². The van der Waals surface area contributed by atoms with Gasteiger partial charge in [0.2, 0.25) is 0 Å². The Morgan fingerprint density at radius 2 is 1.81 bits per heavy atom. The average molecular weight is 285 g/mol. The maximum Gasteiger partial charge on any atom is 0.0360 e. The Hall–Kier alpha value is -1.08. The standard InChI is InChI=1S/C20H31N/c1-5-11-21-20(14-18-9-7-6-8-10-18)19-13-16(3)15(2)12-17(19)4/h9,12-13,20-21H,5-8,10-11,14H2,1-4H3. The van der Waals surface area contributed by atoms with E-state index in [4.69, 9.17) is 0 Å². The van der Waals surface area contributed by atoms with E-state index in [0.717, 1.165) is 6.54 Å². The highest BCUT2D eigenvalue weighted by Crippen LogP contribution is 2.30. The summed E-state index contributed by atoms with van der Waals surface area (Å²) in [5, 5.41) is 3.78. The van der Waals surface area contributed by atoms with E-state index in [2.05, 4.69) is 51.2 Å². The molecule has 1 heteroatoms. The Morgan fingerprint density at radius 1 is 1.05 bits per heavy atom. The maximum atomic E-state index is 3.78. The van der Waals surface area contributed by atoms with E-state index in [-0.39, 0.29) is 0 Å². The molecule has 21 heavy (non-hydrogen) atoms. The van der Waals surface area contributed by atoms with Gasteiger partial charge in [0.25, 0.3) is 0 Å². The van der Waals surface area contributed by atoms with Crippen LogP contribution in [0, 0.1) is 20.8 Å². The first-order valence-electron chi connectivity index (χ1n) is 8.60. The smallest absolute Gasteiger partial charge is 0.0360 e.